The van der Waals surface area contributed by atoms with Gasteiger partial charge in [-0.2, -0.15) is 0 Å². The van der Waals surface area contributed by atoms with Crippen LogP contribution in [0.25, 0.3) is 0 Å². The summed E-state index contributed by atoms with van der Waals surface area (Å²) in [7, 11) is 6.67. The van der Waals surface area contributed by atoms with Crippen LogP contribution in [0.1, 0.15) is 44.6 Å². The zero-order chi connectivity index (χ0) is 15.3. The summed E-state index contributed by atoms with van der Waals surface area (Å²) in [6.07, 6.45) is 7.75. The van der Waals surface area contributed by atoms with Gasteiger partial charge in [-0.25, -0.2) is 0 Å². The monoisotopic (exact) mass is 288 g/mol. The van der Waals surface area contributed by atoms with Gasteiger partial charge in [-0.05, 0) is 71.1 Å². The Hall–Kier alpha value is -0.860. The molecule has 21 heavy (non-hydrogen) atoms. The lowest BCUT2D eigenvalue weighted by Gasteiger charge is -2.50. The van der Waals surface area contributed by atoms with E-state index in [4.69, 9.17) is 0 Å². The van der Waals surface area contributed by atoms with Gasteiger partial charge in [0, 0.05) is 11.6 Å². The molecule has 1 atom stereocenters. The van der Waals surface area contributed by atoms with E-state index in [9.17, 15) is 0 Å². The van der Waals surface area contributed by atoms with Gasteiger partial charge in [0.25, 0.3) is 0 Å². The van der Waals surface area contributed by atoms with Crippen molar-refractivity contribution in [1.82, 2.24) is 10.2 Å². The smallest absolute Gasteiger partial charge is 0.0356 e. The molecule has 0 aromatic heterocycles. The first-order valence-electron chi connectivity index (χ1n) is 8.47. The molecule has 0 bridgehead atoms. The molecule has 1 saturated carbocycles. The molecule has 0 saturated heterocycles. The van der Waals surface area contributed by atoms with Crippen molar-refractivity contribution >= 4 is 0 Å². The van der Waals surface area contributed by atoms with Crippen molar-refractivity contribution in [3.63, 3.8) is 0 Å². The van der Waals surface area contributed by atoms with Crippen LogP contribution >= 0.6 is 0 Å². The third-order valence-corrected chi connectivity index (χ3v) is 5.59. The van der Waals surface area contributed by atoms with Crippen LogP contribution in [0.15, 0.2) is 30.3 Å². The van der Waals surface area contributed by atoms with E-state index in [1.165, 1.54) is 37.7 Å². The lowest BCUT2D eigenvalue weighted by Crippen LogP contribution is -2.60. The average Bonchev–Trinajstić information content (AvgIpc) is 2.50. The molecular weight excluding hydrogens is 256 g/mol. The Labute approximate surface area is 130 Å². The number of nitrogens with zero attached hydrogens (tertiary/aromatic N) is 1. The van der Waals surface area contributed by atoms with Crippen molar-refractivity contribution in [3.8, 4) is 0 Å². The van der Waals surface area contributed by atoms with Gasteiger partial charge in [0.15, 0.2) is 0 Å². The first-order chi connectivity index (χ1) is 10.1. The molecule has 118 valence electrons. The van der Waals surface area contributed by atoms with Crippen LogP contribution in [0.5, 0.6) is 0 Å². The largest absolute Gasteiger partial charge is 0.315 e. The highest BCUT2D eigenvalue weighted by atomic mass is 15.2. The van der Waals surface area contributed by atoms with Gasteiger partial charge < -0.3 is 10.2 Å². The second kappa shape index (κ2) is 7.42. The zero-order valence-corrected chi connectivity index (χ0v) is 14.2. The van der Waals surface area contributed by atoms with Crippen LogP contribution in [-0.4, -0.2) is 37.6 Å². The lowest BCUT2D eigenvalue weighted by atomic mass is 9.71. The second-order valence-corrected chi connectivity index (χ2v) is 7.05. The molecule has 1 aliphatic rings. The summed E-state index contributed by atoms with van der Waals surface area (Å²) in [6.45, 7) is 2.40. The number of benzene rings is 1. The molecule has 0 amide bonds. The topological polar surface area (TPSA) is 15.3 Å². The summed E-state index contributed by atoms with van der Waals surface area (Å²) >= 11 is 0. The number of nitrogens with one attached hydrogen (secondary N) is 1. The predicted molar refractivity (Wildman–Crippen MR) is 91.7 cm³/mol. The maximum Gasteiger partial charge on any atom is 0.0356 e. The van der Waals surface area contributed by atoms with E-state index in [0.717, 1.165) is 12.3 Å². The van der Waals surface area contributed by atoms with Gasteiger partial charge in [-0.1, -0.05) is 37.3 Å². The normalized spacial score (nSPS) is 27.8. The van der Waals surface area contributed by atoms with Crippen molar-refractivity contribution in [2.45, 2.75) is 57.0 Å². The van der Waals surface area contributed by atoms with Crippen LogP contribution in [0, 0.1) is 5.92 Å². The minimum Gasteiger partial charge on any atom is -0.315 e. The highest BCUT2D eigenvalue weighted by Crippen LogP contribution is 2.38. The number of hydrogen-bond donors (Lipinski definition) is 1. The summed E-state index contributed by atoms with van der Waals surface area (Å²) in [5, 5.41) is 3.64. The van der Waals surface area contributed by atoms with E-state index >= 15 is 0 Å². The highest BCUT2D eigenvalue weighted by molar-refractivity contribution is 5.15. The fourth-order valence-electron chi connectivity index (χ4n) is 4.01. The van der Waals surface area contributed by atoms with Crippen molar-refractivity contribution in [2.24, 2.45) is 5.92 Å². The van der Waals surface area contributed by atoms with Crippen molar-refractivity contribution in [2.75, 3.05) is 21.1 Å². The number of rotatable bonds is 6. The molecule has 1 aliphatic carbocycles. The Balaban J connectivity index is 2.06. The van der Waals surface area contributed by atoms with E-state index in [-0.39, 0.29) is 0 Å². The Morgan fingerprint density at radius 1 is 1.19 bits per heavy atom. The van der Waals surface area contributed by atoms with E-state index < -0.39 is 0 Å². The maximum atomic E-state index is 3.64. The van der Waals surface area contributed by atoms with Gasteiger partial charge in [-0.15, -0.1) is 0 Å². The molecule has 0 spiro atoms. The fourth-order valence-corrected chi connectivity index (χ4v) is 4.01. The molecule has 2 rings (SSSR count). The molecule has 1 unspecified atom stereocenters. The summed E-state index contributed by atoms with van der Waals surface area (Å²) in [5.41, 5.74) is 1.78. The first kappa shape index (κ1) is 16.5. The molecule has 0 aliphatic heterocycles. The molecule has 2 heteroatoms. The van der Waals surface area contributed by atoms with E-state index in [1.54, 1.807) is 0 Å². The van der Waals surface area contributed by atoms with Gasteiger partial charge in [0.05, 0.1) is 0 Å². The summed E-state index contributed by atoms with van der Waals surface area (Å²) in [5.74, 6) is 0.893. The maximum absolute atomic E-state index is 3.64. The standard InChI is InChI=1S/C19H32N2/c1-16-12-14-19(15-13-16,21(3)4)18(20-2)11-10-17-8-6-5-7-9-17/h5-9,16,18,20H,10-15H2,1-4H3. The van der Waals surface area contributed by atoms with Crippen LogP contribution in [0.3, 0.4) is 0 Å². The zero-order valence-electron chi connectivity index (χ0n) is 14.2. The Bertz CT molecular complexity index is 405. The predicted octanol–water partition coefficient (Wildman–Crippen LogP) is 3.72. The third kappa shape index (κ3) is 3.87. The Kier molecular flexibility index (Phi) is 5.83. The molecule has 0 heterocycles. The van der Waals surface area contributed by atoms with Crippen LogP contribution in [0.2, 0.25) is 0 Å². The molecular formula is C19H32N2. The average molecular weight is 288 g/mol. The fraction of sp³-hybridized carbons (Fsp3) is 0.684. The summed E-state index contributed by atoms with van der Waals surface area (Å²) in [4.78, 5) is 2.49. The van der Waals surface area contributed by atoms with Gasteiger partial charge in [0.2, 0.25) is 0 Å². The van der Waals surface area contributed by atoms with Crippen molar-refractivity contribution in [3.05, 3.63) is 35.9 Å². The van der Waals surface area contributed by atoms with Crippen LogP contribution < -0.4 is 5.32 Å². The van der Waals surface area contributed by atoms with Crippen LogP contribution in [0.4, 0.5) is 0 Å². The molecule has 1 N–H and O–H groups in total. The second-order valence-electron chi connectivity index (χ2n) is 7.05. The van der Waals surface area contributed by atoms with Gasteiger partial charge in [-0.3, -0.25) is 0 Å². The SMILES string of the molecule is CNC(CCc1ccccc1)C1(N(C)C)CCC(C)CC1. The number of hydrogen-bond acceptors (Lipinski definition) is 2. The van der Waals surface area contributed by atoms with Crippen molar-refractivity contribution in [1.29, 1.82) is 0 Å². The summed E-state index contributed by atoms with van der Waals surface area (Å²) < 4.78 is 0. The number of aryl methyl sites for hydroxylation is 1. The first-order valence-corrected chi connectivity index (χ1v) is 8.47. The summed E-state index contributed by atoms with van der Waals surface area (Å²) in [6, 6.07) is 11.5. The molecule has 1 aromatic carbocycles. The molecule has 0 radical (unpaired) electrons. The number of likely N-dealkylation sites (N-methyl/N-ethyl adjacent to an activating group) is 2. The minimum absolute atomic E-state index is 0.329. The van der Waals surface area contributed by atoms with Crippen LogP contribution in [-0.2, 0) is 6.42 Å². The van der Waals surface area contributed by atoms with E-state index in [0.29, 0.717) is 11.6 Å². The van der Waals surface area contributed by atoms with Gasteiger partial charge >= 0.3 is 0 Å². The Morgan fingerprint density at radius 3 is 2.33 bits per heavy atom. The van der Waals surface area contributed by atoms with Gasteiger partial charge in [0.1, 0.15) is 0 Å². The lowest BCUT2D eigenvalue weighted by molar-refractivity contribution is 0.0431. The highest BCUT2D eigenvalue weighted by Gasteiger charge is 2.41. The minimum atomic E-state index is 0.329. The quantitative estimate of drug-likeness (QED) is 0.858. The molecule has 1 fully saturated rings. The molecule has 1 aromatic rings. The van der Waals surface area contributed by atoms with E-state index in [2.05, 4.69) is 68.6 Å². The Morgan fingerprint density at radius 2 is 1.81 bits per heavy atom. The third-order valence-electron chi connectivity index (χ3n) is 5.59. The van der Waals surface area contributed by atoms with Crippen molar-refractivity contribution < 1.29 is 0 Å². The van der Waals surface area contributed by atoms with E-state index in [1.807, 2.05) is 0 Å². The molecule has 2 nitrogen and oxygen atoms in total.